The number of unbranched alkanes of at least 4 members (excludes halogenated alkanes) is 1. The largest absolute Gasteiger partial charge is 0.477 e. The Morgan fingerprint density at radius 3 is 2.39 bits per heavy atom. The minimum atomic E-state index is -3.31. The molecule has 7 heteroatoms. The second-order valence-corrected chi connectivity index (χ2v) is 9.37. The zero-order valence-electron chi connectivity index (χ0n) is 18.0. The monoisotopic (exact) mass is 442 g/mol. The molecule has 3 aromatic rings. The SMILES string of the molecule is CCCCOc1nc(-c2ccccc2F)c(-c2ccc(S(C)(=O)=O)cc2)cc1CNC. The topological polar surface area (TPSA) is 68.3 Å². The molecular formula is C24H27FN2O3S. The lowest BCUT2D eigenvalue weighted by Crippen LogP contribution is -2.11. The Kier molecular flexibility index (Phi) is 7.41. The van der Waals surface area contributed by atoms with Crippen LogP contribution in [0.3, 0.4) is 0 Å². The van der Waals surface area contributed by atoms with Crippen molar-refractivity contribution in [2.45, 2.75) is 31.2 Å². The molecule has 5 nitrogen and oxygen atoms in total. The number of rotatable bonds is 9. The van der Waals surface area contributed by atoms with Gasteiger partial charge in [-0.3, -0.25) is 0 Å². The van der Waals surface area contributed by atoms with E-state index in [0.29, 0.717) is 35.9 Å². The molecule has 0 radical (unpaired) electrons. The third-order valence-corrected chi connectivity index (χ3v) is 6.02. The average molecular weight is 443 g/mol. The first-order valence-electron chi connectivity index (χ1n) is 10.2. The van der Waals surface area contributed by atoms with E-state index in [0.717, 1.165) is 24.0 Å². The summed E-state index contributed by atoms with van der Waals surface area (Å²) in [6.07, 6.45) is 3.05. The minimum absolute atomic E-state index is 0.228. The lowest BCUT2D eigenvalue weighted by Gasteiger charge is -2.17. The number of halogens is 1. The molecule has 164 valence electrons. The molecule has 1 heterocycles. The van der Waals surface area contributed by atoms with Gasteiger partial charge in [-0.2, -0.15) is 0 Å². The first-order chi connectivity index (χ1) is 14.8. The molecular weight excluding hydrogens is 415 g/mol. The van der Waals surface area contributed by atoms with Crippen molar-refractivity contribution >= 4 is 9.84 Å². The number of aromatic nitrogens is 1. The molecule has 0 aliphatic carbocycles. The van der Waals surface area contributed by atoms with Gasteiger partial charge in [-0.25, -0.2) is 17.8 Å². The summed E-state index contributed by atoms with van der Waals surface area (Å²) in [5.74, 6) is 0.0856. The first-order valence-corrected chi connectivity index (χ1v) is 12.1. The highest BCUT2D eigenvalue weighted by Crippen LogP contribution is 2.36. The number of pyridine rings is 1. The van der Waals surface area contributed by atoms with E-state index in [4.69, 9.17) is 9.72 Å². The molecule has 0 amide bonds. The van der Waals surface area contributed by atoms with Crippen LogP contribution < -0.4 is 10.1 Å². The van der Waals surface area contributed by atoms with Crippen molar-refractivity contribution in [1.29, 1.82) is 0 Å². The standard InChI is InChI=1S/C24H27FN2O3S/c1-4-5-14-30-24-18(16-26-2)15-21(17-10-12-19(13-11-17)31(3,28)29)23(27-24)20-8-6-7-9-22(20)25/h6-13,15,26H,4-5,14,16H2,1-3H3. The maximum atomic E-state index is 14.7. The first kappa shape index (κ1) is 22.9. The minimum Gasteiger partial charge on any atom is -0.477 e. The predicted octanol–water partition coefficient (Wildman–Crippen LogP) is 4.86. The van der Waals surface area contributed by atoms with Crippen LogP contribution in [-0.2, 0) is 16.4 Å². The van der Waals surface area contributed by atoms with E-state index in [1.54, 1.807) is 42.5 Å². The van der Waals surface area contributed by atoms with Gasteiger partial charge in [0, 0.05) is 29.5 Å². The number of hydrogen-bond acceptors (Lipinski definition) is 5. The van der Waals surface area contributed by atoms with E-state index in [1.807, 2.05) is 13.1 Å². The van der Waals surface area contributed by atoms with Gasteiger partial charge in [0.1, 0.15) is 5.82 Å². The van der Waals surface area contributed by atoms with Gasteiger partial charge in [-0.05, 0) is 49.4 Å². The van der Waals surface area contributed by atoms with Crippen molar-refractivity contribution in [1.82, 2.24) is 10.3 Å². The molecule has 0 aliphatic heterocycles. The maximum Gasteiger partial charge on any atom is 0.218 e. The Hall–Kier alpha value is -2.77. The van der Waals surface area contributed by atoms with Gasteiger partial charge in [0.05, 0.1) is 17.2 Å². The molecule has 0 fully saturated rings. The Morgan fingerprint density at radius 2 is 1.77 bits per heavy atom. The summed E-state index contributed by atoms with van der Waals surface area (Å²) >= 11 is 0. The van der Waals surface area contributed by atoms with E-state index < -0.39 is 9.84 Å². The summed E-state index contributed by atoms with van der Waals surface area (Å²) in [5.41, 5.74) is 3.12. The molecule has 0 atom stereocenters. The molecule has 3 rings (SSSR count). The van der Waals surface area contributed by atoms with E-state index in [9.17, 15) is 12.8 Å². The van der Waals surface area contributed by atoms with Crippen LogP contribution in [0.4, 0.5) is 4.39 Å². The zero-order valence-corrected chi connectivity index (χ0v) is 18.8. The number of ether oxygens (including phenoxy) is 1. The summed E-state index contributed by atoms with van der Waals surface area (Å²) in [4.78, 5) is 4.95. The number of benzene rings is 2. The van der Waals surface area contributed by atoms with Gasteiger partial charge in [-0.15, -0.1) is 0 Å². The predicted molar refractivity (Wildman–Crippen MR) is 121 cm³/mol. The fourth-order valence-electron chi connectivity index (χ4n) is 3.25. The van der Waals surface area contributed by atoms with Crippen molar-refractivity contribution in [3.63, 3.8) is 0 Å². The molecule has 0 bridgehead atoms. The molecule has 0 saturated carbocycles. The van der Waals surface area contributed by atoms with Crippen LogP contribution >= 0.6 is 0 Å². The van der Waals surface area contributed by atoms with Gasteiger partial charge in [0.15, 0.2) is 9.84 Å². The lowest BCUT2D eigenvalue weighted by atomic mass is 9.97. The molecule has 0 unspecified atom stereocenters. The quantitative estimate of drug-likeness (QED) is 0.480. The van der Waals surface area contributed by atoms with Crippen LogP contribution in [-0.4, -0.2) is 33.3 Å². The van der Waals surface area contributed by atoms with E-state index >= 15 is 0 Å². The normalized spacial score (nSPS) is 11.5. The van der Waals surface area contributed by atoms with Crippen molar-refractivity contribution in [2.24, 2.45) is 0 Å². The average Bonchev–Trinajstić information content (AvgIpc) is 2.75. The molecule has 0 aliphatic rings. The van der Waals surface area contributed by atoms with Crippen LogP contribution in [0.2, 0.25) is 0 Å². The molecule has 31 heavy (non-hydrogen) atoms. The van der Waals surface area contributed by atoms with Crippen LogP contribution in [0.15, 0.2) is 59.5 Å². The second kappa shape index (κ2) is 10.0. The zero-order chi connectivity index (χ0) is 22.4. The maximum absolute atomic E-state index is 14.7. The van der Waals surface area contributed by atoms with Gasteiger partial charge >= 0.3 is 0 Å². The molecule has 1 aromatic heterocycles. The van der Waals surface area contributed by atoms with Gasteiger partial charge in [0.2, 0.25) is 5.88 Å². The van der Waals surface area contributed by atoms with Crippen molar-refractivity contribution < 1.29 is 17.5 Å². The molecule has 0 spiro atoms. The molecule has 1 N–H and O–H groups in total. The smallest absolute Gasteiger partial charge is 0.218 e. The van der Waals surface area contributed by atoms with E-state index in [-0.39, 0.29) is 10.7 Å². The van der Waals surface area contributed by atoms with Crippen LogP contribution in [0, 0.1) is 5.82 Å². The Balaban J connectivity index is 2.20. The third kappa shape index (κ3) is 5.48. The van der Waals surface area contributed by atoms with Gasteiger partial charge < -0.3 is 10.1 Å². The fraction of sp³-hybridized carbons (Fsp3) is 0.292. The highest BCUT2D eigenvalue weighted by atomic mass is 32.2. The summed E-state index contributed by atoms with van der Waals surface area (Å²) in [6, 6.07) is 15.0. The Morgan fingerprint density at radius 1 is 1.06 bits per heavy atom. The van der Waals surface area contributed by atoms with Crippen molar-refractivity contribution in [2.75, 3.05) is 19.9 Å². The Labute approximate surface area is 183 Å². The molecule has 2 aromatic carbocycles. The highest BCUT2D eigenvalue weighted by molar-refractivity contribution is 7.90. The van der Waals surface area contributed by atoms with Crippen molar-refractivity contribution in [3.8, 4) is 28.3 Å². The highest BCUT2D eigenvalue weighted by Gasteiger charge is 2.18. The lowest BCUT2D eigenvalue weighted by molar-refractivity contribution is 0.294. The summed E-state index contributed by atoms with van der Waals surface area (Å²) in [7, 11) is -1.48. The molecule has 0 saturated heterocycles. The summed E-state index contributed by atoms with van der Waals surface area (Å²) < 4.78 is 44.3. The van der Waals surface area contributed by atoms with E-state index in [2.05, 4.69) is 12.2 Å². The second-order valence-electron chi connectivity index (χ2n) is 7.36. The van der Waals surface area contributed by atoms with Crippen LogP contribution in [0.1, 0.15) is 25.3 Å². The van der Waals surface area contributed by atoms with Crippen LogP contribution in [0.5, 0.6) is 5.88 Å². The Bertz CT molecular complexity index is 1150. The summed E-state index contributed by atoms with van der Waals surface area (Å²) in [6.45, 7) is 3.14. The third-order valence-electron chi connectivity index (χ3n) is 4.89. The van der Waals surface area contributed by atoms with Gasteiger partial charge in [0.25, 0.3) is 0 Å². The fourth-order valence-corrected chi connectivity index (χ4v) is 3.88. The number of hydrogen-bond donors (Lipinski definition) is 1. The number of nitrogens with one attached hydrogen (secondary N) is 1. The number of sulfone groups is 1. The van der Waals surface area contributed by atoms with Gasteiger partial charge in [-0.1, -0.05) is 37.6 Å². The van der Waals surface area contributed by atoms with E-state index in [1.165, 1.54) is 12.3 Å². The van der Waals surface area contributed by atoms with Crippen molar-refractivity contribution in [3.05, 3.63) is 66.0 Å². The number of nitrogens with zero attached hydrogens (tertiary/aromatic N) is 1. The summed E-state index contributed by atoms with van der Waals surface area (Å²) in [5, 5.41) is 3.12. The van der Waals surface area contributed by atoms with Crippen LogP contribution in [0.25, 0.3) is 22.4 Å².